The van der Waals surface area contributed by atoms with E-state index in [2.05, 4.69) is 15.9 Å². The highest BCUT2D eigenvalue weighted by atomic mass is 79.9. The lowest BCUT2D eigenvalue weighted by Gasteiger charge is -2.31. The van der Waals surface area contributed by atoms with Crippen LogP contribution in [0.15, 0.2) is 22.7 Å². The summed E-state index contributed by atoms with van der Waals surface area (Å²) in [5, 5.41) is 9.08. The zero-order valence-electron chi connectivity index (χ0n) is 11.9. The molecule has 0 saturated carbocycles. The van der Waals surface area contributed by atoms with Crippen LogP contribution >= 0.6 is 15.9 Å². The average molecular weight is 344 g/mol. The van der Waals surface area contributed by atoms with Crippen molar-refractivity contribution in [2.24, 2.45) is 0 Å². The van der Waals surface area contributed by atoms with E-state index in [9.17, 15) is 9.59 Å². The summed E-state index contributed by atoms with van der Waals surface area (Å²) in [5.74, 6) is -0.916. The largest absolute Gasteiger partial charge is 0.483 e. The summed E-state index contributed by atoms with van der Waals surface area (Å²) in [6.07, 6.45) is 0. The van der Waals surface area contributed by atoms with Crippen LogP contribution in [-0.2, 0) is 9.59 Å². The Bertz CT molecular complexity index is 528. The number of hydrogen-bond acceptors (Lipinski definition) is 3. The van der Waals surface area contributed by atoms with Crippen molar-refractivity contribution >= 4 is 27.8 Å². The predicted molar refractivity (Wildman–Crippen MR) is 78.9 cm³/mol. The van der Waals surface area contributed by atoms with Gasteiger partial charge >= 0.3 is 5.97 Å². The van der Waals surface area contributed by atoms with Crippen LogP contribution in [0.2, 0.25) is 0 Å². The first-order valence-corrected chi connectivity index (χ1v) is 6.84. The van der Waals surface area contributed by atoms with Crippen LogP contribution in [0.4, 0.5) is 0 Å². The van der Waals surface area contributed by atoms with Crippen molar-refractivity contribution < 1.29 is 19.4 Å². The summed E-state index contributed by atoms with van der Waals surface area (Å²) in [7, 11) is 1.45. The van der Waals surface area contributed by atoms with E-state index in [1.165, 1.54) is 20.9 Å². The molecule has 5 nitrogen and oxygen atoms in total. The van der Waals surface area contributed by atoms with Crippen molar-refractivity contribution in [1.82, 2.24) is 4.90 Å². The first kappa shape index (κ1) is 16.5. The Kier molecular flexibility index (Phi) is 5.16. The van der Waals surface area contributed by atoms with Gasteiger partial charge in [0.2, 0.25) is 0 Å². The number of aliphatic carboxylic acids is 1. The van der Waals surface area contributed by atoms with Gasteiger partial charge in [0.1, 0.15) is 11.3 Å². The molecule has 0 aliphatic carbocycles. The molecule has 0 radical (unpaired) electrons. The number of halogens is 1. The minimum absolute atomic E-state index is 0.213. The number of ether oxygens (including phenoxy) is 1. The van der Waals surface area contributed by atoms with Gasteiger partial charge in [-0.3, -0.25) is 4.79 Å². The number of carboxylic acid groups (broad SMARTS) is 1. The van der Waals surface area contributed by atoms with Crippen molar-refractivity contribution in [1.29, 1.82) is 0 Å². The second kappa shape index (κ2) is 6.26. The highest BCUT2D eigenvalue weighted by Gasteiger charge is 2.35. The number of likely N-dealkylation sites (N-methyl/N-ethyl adjacent to an activating group) is 1. The van der Waals surface area contributed by atoms with Crippen LogP contribution in [0, 0.1) is 6.92 Å². The molecule has 0 heterocycles. The molecule has 1 N–H and O–H groups in total. The van der Waals surface area contributed by atoms with Crippen LogP contribution in [0.5, 0.6) is 5.75 Å². The SMILES string of the molecule is Cc1ccc(OCC(=O)N(C)C(C)(C)C(=O)O)c(Br)c1. The molecule has 1 aromatic rings. The van der Waals surface area contributed by atoms with E-state index >= 15 is 0 Å². The van der Waals surface area contributed by atoms with Crippen molar-refractivity contribution in [3.8, 4) is 5.75 Å². The van der Waals surface area contributed by atoms with Gasteiger partial charge in [-0.15, -0.1) is 0 Å². The molecular formula is C14H18BrNO4. The zero-order valence-corrected chi connectivity index (χ0v) is 13.5. The number of carbonyl (C=O) groups excluding carboxylic acids is 1. The maximum absolute atomic E-state index is 12.0. The fourth-order valence-corrected chi connectivity index (χ4v) is 2.02. The number of aryl methyl sites for hydroxylation is 1. The molecule has 0 saturated heterocycles. The number of benzene rings is 1. The van der Waals surface area contributed by atoms with Gasteiger partial charge in [0.25, 0.3) is 5.91 Å². The van der Waals surface area contributed by atoms with E-state index in [1.54, 1.807) is 6.07 Å². The molecule has 0 unspecified atom stereocenters. The number of amides is 1. The first-order valence-electron chi connectivity index (χ1n) is 6.05. The third-order valence-electron chi connectivity index (χ3n) is 3.17. The average Bonchev–Trinajstić information content (AvgIpc) is 2.36. The highest BCUT2D eigenvalue weighted by molar-refractivity contribution is 9.10. The third-order valence-corrected chi connectivity index (χ3v) is 3.79. The van der Waals surface area contributed by atoms with E-state index in [0.717, 1.165) is 14.9 Å². The first-order chi connectivity index (χ1) is 9.16. The monoisotopic (exact) mass is 343 g/mol. The summed E-state index contributed by atoms with van der Waals surface area (Å²) in [6.45, 7) is 4.67. The molecule has 1 aromatic carbocycles. The Labute approximate surface area is 126 Å². The van der Waals surface area contributed by atoms with Crippen molar-refractivity contribution in [2.75, 3.05) is 13.7 Å². The van der Waals surface area contributed by atoms with Crippen LogP contribution in [-0.4, -0.2) is 41.1 Å². The molecule has 0 aliphatic rings. The minimum atomic E-state index is -1.27. The van der Waals surface area contributed by atoms with Crippen molar-refractivity contribution in [3.63, 3.8) is 0 Å². The van der Waals surface area contributed by atoms with E-state index < -0.39 is 17.4 Å². The summed E-state index contributed by atoms with van der Waals surface area (Å²) < 4.78 is 6.17. The van der Waals surface area contributed by atoms with Gasteiger partial charge in [-0.1, -0.05) is 6.07 Å². The molecule has 0 aliphatic heterocycles. The lowest BCUT2D eigenvalue weighted by Crippen LogP contribution is -2.52. The second-order valence-electron chi connectivity index (χ2n) is 5.04. The highest BCUT2D eigenvalue weighted by Crippen LogP contribution is 2.25. The van der Waals surface area contributed by atoms with Gasteiger partial charge in [-0.25, -0.2) is 4.79 Å². The van der Waals surface area contributed by atoms with E-state index in [-0.39, 0.29) is 6.61 Å². The van der Waals surface area contributed by atoms with E-state index in [1.807, 2.05) is 19.1 Å². The van der Waals surface area contributed by atoms with E-state index in [4.69, 9.17) is 9.84 Å². The normalized spacial score (nSPS) is 11.1. The van der Waals surface area contributed by atoms with Crippen molar-refractivity contribution in [3.05, 3.63) is 28.2 Å². The third kappa shape index (κ3) is 3.72. The van der Waals surface area contributed by atoms with Gasteiger partial charge in [-0.2, -0.15) is 0 Å². The summed E-state index contributed by atoms with van der Waals surface area (Å²) in [6, 6.07) is 5.51. The summed E-state index contributed by atoms with van der Waals surface area (Å²) in [4.78, 5) is 24.2. The quantitative estimate of drug-likeness (QED) is 0.891. The van der Waals surface area contributed by atoms with Gasteiger partial charge in [-0.05, 0) is 54.4 Å². The molecule has 0 bridgehead atoms. The molecule has 0 aromatic heterocycles. The van der Waals surface area contributed by atoms with Gasteiger partial charge in [0.15, 0.2) is 6.61 Å². The van der Waals surface area contributed by atoms with Gasteiger partial charge < -0.3 is 14.7 Å². The topological polar surface area (TPSA) is 66.8 Å². The summed E-state index contributed by atoms with van der Waals surface area (Å²) in [5.41, 5.74) is -0.204. The zero-order chi connectivity index (χ0) is 15.5. The number of nitrogens with zero attached hydrogens (tertiary/aromatic N) is 1. The second-order valence-corrected chi connectivity index (χ2v) is 5.89. The maximum Gasteiger partial charge on any atom is 0.329 e. The molecule has 6 heteroatoms. The fraction of sp³-hybridized carbons (Fsp3) is 0.429. The number of hydrogen-bond donors (Lipinski definition) is 1. The van der Waals surface area contributed by atoms with Crippen LogP contribution in [0.3, 0.4) is 0 Å². The Morgan fingerprint density at radius 1 is 1.40 bits per heavy atom. The lowest BCUT2D eigenvalue weighted by atomic mass is 10.0. The Balaban J connectivity index is 2.70. The number of carboxylic acids is 1. The molecular weight excluding hydrogens is 326 g/mol. The molecule has 0 spiro atoms. The molecule has 0 fully saturated rings. The molecule has 1 amide bonds. The maximum atomic E-state index is 12.0. The van der Waals surface area contributed by atoms with Gasteiger partial charge in [0, 0.05) is 7.05 Å². The number of carbonyl (C=O) groups is 2. The predicted octanol–water partition coefficient (Wildman–Crippen LogP) is 2.46. The minimum Gasteiger partial charge on any atom is -0.483 e. The van der Waals surface area contributed by atoms with Crippen LogP contribution in [0.1, 0.15) is 19.4 Å². The molecule has 110 valence electrons. The summed E-state index contributed by atoms with van der Waals surface area (Å²) >= 11 is 3.35. The molecule has 1 rings (SSSR count). The smallest absolute Gasteiger partial charge is 0.329 e. The van der Waals surface area contributed by atoms with Gasteiger partial charge in [0.05, 0.1) is 4.47 Å². The lowest BCUT2D eigenvalue weighted by molar-refractivity contribution is -0.156. The number of rotatable bonds is 5. The Morgan fingerprint density at radius 3 is 2.50 bits per heavy atom. The molecule has 20 heavy (non-hydrogen) atoms. The van der Waals surface area contributed by atoms with Crippen LogP contribution < -0.4 is 4.74 Å². The Hall–Kier alpha value is -1.56. The fourth-order valence-electron chi connectivity index (χ4n) is 1.41. The van der Waals surface area contributed by atoms with Crippen LogP contribution in [0.25, 0.3) is 0 Å². The Morgan fingerprint density at radius 2 is 2.00 bits per heavy atom. The van der Waals surface area contributed by atoms with Crippen molar-refractivity contribution in [2.45, 2.75) is 26.3 Å². The molecule has 0 atom stereocenters. The standard InChI is InChI=1S/C14H18BrNO4/c1-9-5-6-11(10(15)7-9)20-8-12(17)16(4)14(2,3)13(18)19/h5-7H,8H2,1-4H3,(H,18,19). The van der Waals surface area contributed by atoms with E-state index in [0.29, 0.717) is 5.75 Å².